The number of hydrogen-bond donors (Lipinski definition) is 4. The highest BCUT2D eigenvalue weighted by Crippen LogP contribution is 2.13. The van der Waals surface area contributed by atoms with Crippen LogP contribution in [0.5, 0.6) is 0 Å². The lowest BCUT2D eigenvalue weighted by atomic mass is 10.1. The van der Waals surface area contributed by atoms with Crippen LogP contribution in [0.3, 0.4) is 0 Å². The van der Waals surface area contributed by atoms with Gasteiger partial charge >= 0.3 is 11.9 Å². The summed E-state index contributed by atoms with van der Waals surface area (Å²) < 4.78 is 0. The minimum atomic E-state index is -1.18. The highest BCUT2D eigenvalue weighted by molar-refractivity contribution is 5.95. The molecule has 0 fully saturated rings. The van der Waals surface area contributed by atoms with Crippen LogP contribution in [-0.4, -0.2) is 22.2 Å². The molecule has 0 aliphatic rings. The quantitative estimate of drug-likeness (QED) is 0.494. The van der Waals surface area contributed by atoms with Gasteiger partial charge in [-0.15, -0.1) is 0 Å². The number of benzene rings is 1. The standard InChI is InChI=1S/C8H8N2O4/c9-10-6-2-4(7(11)12)1-5(3-6)8(13)14/h1-3,10H,9H2,(H,11,12)(H,13,14)/p+1. The van der Waals surface area contributed by atoms with E-state index in [2.05, 4.69) is 11.3 Å². The minimum absolute atomic E-state index is 0.0870. The van der Waals surface area contributed by atoms with Gasteiger partial charge in [-0.05, 0) is 18.2 Å². The molecule has 1 rings (SSSR count). The number of quaternary nitrogens is 1. The van der Waals surface area contributed by atoms with Crippen LogP contribution in [0.4, 0.5) is 5.69 Å². The van der Waals surface area contributed by atoms with E-state index in [0.29, 0.717) is 5.69 Å². The lowest BCUT2D eigenvalue weighted by Crippen LogP contribution is -2.56. The molecule has 0 unspecified atom stereocenters. The van der Waals surface area contributed by atoms with Gasteiger partial charge in [-0.1, -0.05) is 0 Å². The van der Waals surface area contributed by atoms with Crippen molar-refractivity contribution in [2.75, 3.05) is 5.43 Å². The molecule has 0 radical (unpaired) electrons. The van der Waals surface area contributed by atoms with Gasteiger partial charge in [-0.3, -0.25) is 5.84 Å². The van der Waals surface area contributed by atoms with Crippen LogP contribution in [0.25, 0.3) is 0 Å². The number of carbonyl (C=O) groups is 2. The third-order valence-electron chi connectivity index (χ3n) is 1.63. The van der Waals surface area contributed by atoms with Crippen LogP contribution >= 0.6 is 0 Å². The van der Waals surface area contributed by atoms with Crippen molar-refractivity contribution in [3.8, 4) is 0 Å². The molecule has 1 aromatic carbocycles. The number of carboxylic acids is 2. The first-order valence-corrected chi connectivity index (χ1v) is 3.69. The number of nitrogens with one attached hydrogen (secondary N) is 1. The Hall–Kier alpha value is -2.08. The van der Waals surface area contributed by atoms with E-state index in [4.69, 9.17) is 10.2 Å². The smallest absolute Gasteiger partial charge is 0.335 e. The Balaban J connectivity index is 3.27. The maximum atomic E-state index is 10.6. The van der Waals surface area contributed by atoms with Crippen LogP contribution in [-0.2, 0) is 0 Å². The van der Waals surface area contributed by atoms with E-state index in [1.807, 2.05) is 0 Å². The summed E-state index contributed by atoms with van der Waals surface area (Å²) in [6.45, 7) is 0. The number of carboxylic acid groups (broad SMARTS) is 2. The summed E-state index contributed by atoms with van der Waals surface area (Å²) in [6.07, 6.45) is 0. The van der Waals surface area contributed by atoms with Crippen LogP contribution < -0.4 is 11.3 Å². The van der Waals surface area contributed by atoms with Crippen molar-refractivity contribution in [3.05, 3.63) is 29.3 Å². The summed E-state index contributed by atoms with van der Waals surface area (Å²) in [5.74, 6) is 0.968. The Morgan fingerprint density at radius 3 is 1.79 bits per heavy atom. The van der Waals surface area contributed by atoms with Gasteiger partial charge < -0.3 is 10.2 Å². The lowest BCUT2D eigenvalue weighted by Gasteiger charge is -2.01. The average molecular weight is 197 g/mol. The first-order chi connectivity index (χ1) is 6.54. The second-order valence-corrected chi connectivity index (χ2v) is 2.59. The average Bonchev–Trinajstić information content (AvgIpc) is 2.16. The molecule has 0 saturated carbocycles. The molecule has 0 atom stereocenters. The van der Waals surface area contributed by atoms with Gasteiger partial charge in [0.05, 0.1) is 16.8 Å². The van der Waals surface area contributed by atoms with E-state index >= 15 is 0 Å². The Labute approximate surface area is 78.9 Å². The predicted octanol–water partition coefficient (Wildman–Crippen LogP) is -0.348. The van der Waals surface area contributed by atoms with Gasteiger partial charge in [0.15, 0.2) is 0 Å². The summed E-state index contributed by atoms with van der Waals surface area (Å²) in [7, 11) is 0. The number of aromatic carboxylic acids is 2. The topological polar surface area (TPSA) is 114 Å². The van der Waals surface area contributed by atoms with Crippen LogP contribution in [0.1, 0.15) is 20.7 Å². The van der Waals surface area contributed by atoms with Crippen molar-refractivity contribution in [2.24, 2.45) is 0 Å². The Bertz CT molecular complexity index is 357. The Morgan fingerprint density at radius 1 is 1.07 bits per heavy atom. The van der Waals surface area contributed by atoms with E-state index in [1.54, 1.807) is 0 Å². The zero-order valence-electron chi connectivity index (χ0n) is 7.15. The third-order valence-corrected chi connectivity index (χ3v) is 1.63. The monoisotopic (exact) mass is 197 g/mol. The Morgan fingerprint density at radius 2 is 1.50 bits per heavy atom. The van der Waals surface area contributed by atoms with Gasteiger partial charge in [0.1, 0.15) is 0 Å². The van der Waals surface area contributed by atoms with Crippen LogP contribution in [0.2, 0.25) is 0 Å². The van der Waals surface area contributed by atoms with E-state index in [-0.39, 0.29) is 11.1 Å². The van der Waals surface area contributed by atoms with Crippen molar-refractivity contribution in [1.82, 2.24) is 0 Å². The number of anilines is 1. The molecule has 0 aromatic heterocycles. The largest absolute Gasteiger partial charge is 0.478 e. The normalized spacial score (nSPS) is 9.50. The first kappa shape index (κ1) is 10.0. The predicted molar refractivity (Wildman–Crippen MR) is 46.9 cm³/mol. The molecule has 74 valence electrons. The van der Waals surface area contributed by atoms with Crippen LogP contribution in [0.15, 0.2) is 18.2 Å². The molecule has 0 aliphatic heterocycles. The molecular weight excluding hydrogens is 188 g/mol. The van der Waals surface area contributed by atoms with Gasteiger partial charge in [0.2, 0.25) is 0 Å². The zero-order valence-corrected chi connectivity index (χ0v) is 7.15. The maximum Gasteiger partial charge on any atom is 0.335 e. The third kappa shape index (κ3) is 1.99. The molecule has 14 heavy (non-hydrogen) atoms. The second kappa shape index (κ2) is 3.75. The SMILES string of the molecule is [NH3+]Nc1cc(C(=O)O)cc(C(=O)O)c1. The fourth-order valence-electron chi connectivity index (χ4n) is 0.977. The van der Waals surface area contributed by atoms with E-state index in [1.165, 1.54) is 12.1 Å². The molecule has 0 bridgehead atoms. The van der Waals surface area contributed by atoms with E-state index < -0.39 is 11.9 Å². The molecule has 1 aromatic rings. The van der Waals surface area contributed by atoms with Crippen molar-refractivity contribution < 1.29 is 25.6 Å². The molecule has 6 heteroatoms. The highest BCUT2D eigenvalue weighted by atomic mass is 16.4. The van der Waals surface area contributed by atoms with Gasteiger partial charge in [-0.25, -0.2) is 15.0 Å². The molecule has 6 nitrogen and oxygen atoms in total. The lowest BCUT2D eigenvalue weighted by molar-refractivity contribution is -0.325. The Kier molecular flexibility index (Phi) is 2.68. The fourth-order valence-corrected chi connectivity index (χ4v) is 0.977. The first-order valence-electron chi connectivity index (χ1n) is 3.69. The maximum absolute atomic E-state index is 10.6. The van der Waals surface area contributed by atoms with E-state index in [0.717, 1.165) is 6.07 Å². The van der Waals surface area contributed by atoms with E-state index in [9.17, 15) is 9.59 Å². The van der Waals surface area contributed by atoms with Gasteiger partial charge in [-0.2, -0.15) is 0 Å². The molecule has 6 N–H and O–H groups in total. The number of rotatable bonds is 3. The summed E-state index contributed by atoms with van der Waals surface area (Å²) in [4.78, 5) is 21.2. The molecule has 0 amide bonds. The van der Waals surface area contributed by atoms with Crippen LogP contribution in [0, 0.1) is 0 Å². The van der Waals surface area contributed by atoms with Gasteiger partial charge in [0.25, 0.3) is 0 Å². The second-order valence-electron chi connectivity index (χ2n) is 2.59. The van der Waals surface area contributed by atoms with Crippen molar-refractivity contribution in [1.29, 1.82) is 0 Å². The van der Waals surface area contributed by atoms with Crippen molar-refractivity contribution >= 4 is 17.6 Å². The molecular formula is C8H9N2O4+. The summed E-state index contributed by atoms with van der Waals surface area (Å²) in [5, 5.41) is 17.3. The zero-order chi connectivity index (χ0) is 10.7. The van der Waals surface area contributed by atoms with Crippen molar-refractivity contribution in [3.63, 3.8) is 0 Å². The summed E-state index contributed by atoms with van der Waals surface area (Å²) >= 11 is 0. The molecule has 0 saturated heterocycles. The summed E-state index contributed by atoms with van der Waals surface area (Å²) in [6, 6.07) is 3.70. The minimum Gasteiger partial charge on any atom is -0.478 e. The summed E-state index contributed by atoms with van der Waals surface area (Å²) in [5.41, 5.74) is 2.62. The van der Waals surface area contributed by atoms with Crippen molar-refractivity contribution in [2.45, 2.75) is 0 Å². The highest BCUT2D eigenvalue weighted by Gasteiger charge is 2.11. The molecule has 0 heterocycles. The molecule has 0 aliphatic carbocycles. The van der Waals surface area contributed by atoms with Gasteiger partial charge in [0, 0.05) is 0 Å². The fraction of sp³-hybridized carbons (Fsp3) is 0. The number of hydrogen-bond acceptors (Lipinski definition) is 3. The molecule has 0 spiro atoms.